The third kappa shape index (κ3) is 2.65. The summed E-state index contributed by atoms with van der Waals surface area (Å²) in [4.78, 5) is 21.6. The first-order valence-corrected chi connectivity index (χ1v) is 9.05. The van der Waals surface area contributed by atoms with E-state index in [4.69, 9.17) is 27.9 Å². The monoisotopic (exact) mass is 449 g/mol. The van der Waals surface area contributed by atoms with Crippen LogP contribution in [-0.2, 0) is 4.74 Å². The number of benzene rings is 1. The Morgan fingerprint density at radius 1 is 1.23 bits per heavy atom. The number of aromatic nitrogens is 3. The normalized spacial score (nSPS) is 11.2. The molecule has 0 fully saturated rings. The molecule has 0 amide bonds. The lowest BCUT2D eigenvalue weighted by Crippen LogP contribution is -2.07. The summed E-state index contributed by atoms with van der Waals surface area (Å²) in [5.74, 6) is -0.536. The van der Waals surface area contributed by atoms with Gasteiger partial charge in [0.15, 0.2) is 5.69 Å². The third-order valence-electron chi connectivity index (χ3n) is 4.00. The number of fused-ring (bicyclic) bond motifs is 3. The molecule has 0 spiro atoms. The average molecular weight is 451 g/mol. The van der Waals surface area contributed by atoms with Crippen LogP contribution in [0.5, 0.6) is 0 Å². The molecule has 0 aliphatic carbocycles. The van der Waals surface area contributed by atoms with Gasteiger partial charge in [0.2, 0.25) is 0 Å². The van der Waals surface area contributed by atoms with Gasteiger partial charge in [-0.15, -0.1) is 0 Å². The highest BCUT2D eigenvalue weighted by atomic mass is 79.9. The van der Waals surface area contributed by atoms with Gasteiger partial charge in [0, 0.05) is 27.8 Å². The number of hydrogen-bond donors (Lipinski definition) is 0. The molecule has 0 aliphatic heterocycles. The van der Waals surface area contributed by atoms with Crippen molar-refractivity contribution in [2.45, 2.75) is 0 Å². The van der Waals surface area contributed by atoms with E-state index in [1.807, 2.05) is 6.07 Å². The third-order valence-corrected chi connectivity index (χ3v) is 5.06. The van der Waals surface area contributed by atoms with Gasteiger partial charge >= 0.3 is 5.97 Å². The molecule has 0 N–H and O–H groups in total. The van der Waals surface area contributed by atoms with Crippen LogP contribution in [0.1, 0.15) is 10.5 Å². The fourth-order valence-electron chi connectivity index (χ4n) is 2.86. The van der Waals surface area contributed by atoms with E-state index in [1.165, 1.54) is 7.11 Å². The highest BCUT2D eigenvalue weighted by Crippen LogP contribution is 2.37. The largest absolute Gasteiger partial charge is 0.464 e. The van der Waals surface area contributed by atoms with E-state index in [9.17, 15) is 4.79 Å². The number of esters is 1. The van der Waals surface area contributed by atoms with Crippen LogP contribution in [0.15, 0.2) is 47.2 Å². The molecule has 0 radical (unpaired) electrons. The number of halogens is 3. The van der Waals surface area contributed by atoms with Gasteiger partial charge in [-0.25, -0.2) is 9.78 Å². The van der Waals surface area contributed by atoms with Gasteiger partial charge in [-0.2, -0.15) is 0 Å². The molecule has 1 aromatic carbocycles. The molecule has 4 rings (SSSR count). The molecule has 0 atom stereocenters. The molecule has 5 nitrogen and oxygen atoms in total. The van der Waals surface area contributed by atoms with Crippen LogP contribution in [0.25, 0.3) is 27.8 Å². The number of pyridine rings is 2. The summed E-state index contributed by atoms with van der Waals surface area (Å²) in [6, 6.07) is 8.83. The van der Waals surface area contributed by atoms with Crippen molar-refractivity contribution in [1.82, 2.24) is 14.4 Å². The van der Waals surface area contributed by atoms with Crippen LogP contribution in [0.2, 0.25) is 10.0 Å². The molecular formula is C18H10BrCl2N3O2. The molecule has 0 saturated carbocycles. The number of carbonyl (C=O) groups excluding carboxylic acids is 1. The highest BCUT2D eigenvalue weighted by Gasteiger charge is 2.25. The predicted molar refractivity (Wildman–Crippen MR) is 105 cm³/mol. The van der Waals surface area contributed by atoms with Gasteiger partial charge in [0.25, 0.3) is 0 Å². The molecule has 8 heteroatoms. The van der Waals surface area contributed by atoms with Crippen LogP contribution < -0.4 is 0 Å². The van der Waals surface area contributed by atoms with E-state index >= 15 is 0 Å². The number of methoxy groups -OCH3 is 1. The van der Waals surface area contributed by atoms with E-state index in [-0.39, 0.29) is 5.69 Å². The van der Waals surface area contributed by atoms with Gasteiger partial charge in [0.05, 0.1) is 22.7 Å². The fourth-order valence-corrected chi connectivity index (χ4v) is 3.77. The smallest absolute Gasteiger partial charge is 0.357 e. The first-order chi connectivity index (χ1) is 12.5. The summed E-state index contributed by atoms with van der Waals surface area (Å²) >= 11 is 16.1. The van der Waals surface area contributed by atoms with Crippen molar-refractivity contribution in [1.29, 1.82) is 0 Å². The maximum atomic E-state index is 12.5. The predicted octanol–water partition coefficient (Wildman–Crippen LogP) is 5.41. The molecule has 0 saturated heterocycles. The zero-order valence-corrected chi connectivity index (χ0v) is 16.4. The zero-order valence-electron chi connectivity index (χ0n) is 13.3. The zero-order chi connectivity index (χ0) is 18.4. The minimum absolute atomic E-state index is 0.249. The Morgan fingerprint density at radius 3 is 2.65 bits per heavy atom. The summed E-state index contributed by atoms with van der Waals surface area (Å²) in [7, 11) is 1.32. The molecule has 0 aliphatic rings. The fraction of sp³-hybridized carbons (Fsp3) is 0.0556. The maximum Gasteiger partial charge on any atom is 0.357 e. The molecule has 130 valence electrons. The second-order valence-corrected chi connectivity index (χ2v) is 7.22. The summed E-state index contributed by atoms with van der Waals surface area (Å²) in [6.07, 6.45) is 3.43. The Balaban J connectivity index is 2.17. The summed E-state index contributed by atoms with van der Waals surface area (Å²) in [6.45, 7) is 0. The number of carbonyl (C=O) groups is 1. The van der Waals surface area contributed by atoms with Gasteiger partial charge in [-0.05, 0) is 40.2 Å². The van der Waals surface area contributed by atoms with Gasteiger partial charge < -0.3 is 4.74 Å². The van der Waals surface area contributed by atoms with Gasteiger partial charge in [-0.3, -0.25) is 9.38 Å². The molecule has 4 aromatic rings. The van der Waals surface area contributed by atoms with E-state index in [1.54, 1.807) is 41.1 Å². The molecule has 3 heterocycles. The lowest BCUT2D eigenvalue weighted by Gasteiger charge is -2.07. The van der Waals surface area contributed by atoms with Crippen LogP contribution >= 0.6 is 39.1 Å². The number of nitrogens with zero attached hydrogens (tertiary/aromatic N) is 3. The Kier molecular flexibility index (Phi) is 4.34. The molecule has 3 aromatic heterocycles. The van der Waals surface area contributed by atoms with Crippen molar-refractivity contribution in [3.63, 3.8) is 0 Å². The quantitative estimate of drug-likeness (QED) is 0.383. The first-order valence-electron chi connectivity index (χ1n) is 7.50. The number of rotatable bonds is 2. The lowest BCUT2D eigenvalue weighted by molar-refractivity contribution is 0.0594. The Morgan fingerprint density at radius 2 is 1.96 bits per heavy atom. The van der Waals surface area contributed by atoms with Crippen molar-refractivity contribution in [3.05, 3.63) is 62.9 Å². The van der Waals surface area contributed by atoms with E-state index in [0.29, 0.717) is 26.9 Å². The first kappa shape index (κ1) is 17.3. The Bertz CT molecular complexity index is 1170. The number of ether oxygens (including phenoxy) is 1. The van der Waals surface area contributed by atoms with E-state index in [0.717, 1.165) is 15.4 Å². The van der Waals surface area contributed by atoms with Crippen molar-refractivity contribution in [2.24, 2.45) is 0 Å². The van der Waals surface area contributed by atoms with E-state index < -0.39 is 5.97 Å². The lowest BCUT2D eigenvalue weighted by atomic mass is 10.1. The minimum atomic E-state index is -0.536. The number of hydrogen-bond acceptors (Lipinski definition) is 4. The maximum absolute atomic E-state index is 12.5. The summed E-state index contributed by atoms with van der Waals surface area (Å²) in [5.41, 5.74) is 2.40. The molecule has 0 bridgehead atoms. The van der Waals surface area contributed by atoms with Crippen molar-refractivity contribution >= 4 is 61.7 Å². The van der Waals surface area contributed by atoms with Crippen molar-refractivity contribution < 1.29 is 9.53 Å². The highest BCUT2D eigenvalue weighted by molar-refractivity contribution is 9.10. The standard InChI is InChI=1S/C18H10BrCl2N3O2/c1-26-18(25)16-15(14-11(20)3-2-4-12(14)21)23-17-10-7-9(19)8-22-13(10)5-6-24(16)17/h2-8H,1H3. The van der Waals surface area contributed by atoms with Crippen molar-refractivity contribution in [3.8, 4) is 11.3 Å². The number of imidazole rings is 1. The van der Waals surface area contributed by atoms with Gasteiger partial charge in [0.1, 0.15) is 11.3 Å². The van der Waals surface area contributed by atoms with Crippen LogP contribution in [0.4, 0.5) is 0 Å². The van der Waals surface area contributed by atoms with Crippen LogP contribution in [0.3, 0.4) is 0 Å². The topological polar surface area (TPSA) is 56.5 Å². The SMILES string of the molecule is COC(=O)c1c(-c2c(Cl)cccc2Cl)nc2c3cc(Br)cnc3ccn12. The van der Waals surface area contributed by atoms with Gasteiger partial charge in [-0.1, -0.05) is 29.3 Å². The second-order valence-electron chi connectivity index (χ2n) is 5.49. The summed E-state index contributed by atoms with van der Waals surface area (Å²) < 4.78 is 7.44. The Labute approximate surface area is 166 Å². The van der Waals surface area contributed by atoms with Crippen LogP contribution in [-0.4, -0.2) is 27.4 Å². The van der Waals surface area contributed by atoms with E-state index in [2.05, 4.69) is 25.9 Å². The molecule has 26 heavy (non-hydrogen) atoms. The second kappa shape index (κ2) is 6.54. The van der Waals surface area contributed by atoms with Crippen molar-refractivity contribution in [2.75, 3.05) is 7.11 Å². The molecule has 0 unspecified atom stereocenters. The Hall–Kier alpha value is -2.15. The minimum Gasteiger partial charge on any atom is -0.464 e. The molecular weight excluding hydrogens is 441 g/mol. The average Bonchev–Trinajstić information content (AvgIpc) is 3.00. The van der Waals surface area contributed by atoms with Crippen LogP contribution in [0, 0.1) is 0 Å². The summed E-state index contributed by atoms with van der Waals surface area (Å²) in [5, 5.41) is 1.57.